The molecule has 0 aliphatic heterocycles. The maximum absolute atomic E-state index is 11.3. The number of carboxylic acids is 1. The van der Waals surface area contributed by atoms with Crippen molar-refractivity contribution in [3.8, 4) is 0 Å². The van der Waals surface area contributed by atoms with Gasteiger partial charge in [-0.05, 0) is 13.8 Å². The van der Waals surface area contributed by atoms with E-state index in [4.69, 9.17) is 10.8 Å². The number of aliphatic carboxylic acids is 1. The Hall–Kier alpha value is -2.05. The van der Waals surface area contributed by atoms with Crippen LogP contribution < -0.4 is 11.1 Å². The molecule has 0 aromatic carbocycles. The summed E-state index contributed by atoms with van der Waals surface area (Å²) in [6, 6.07) is 0. The Morgan fingerprint density at radius 3 is 2.25 bits per heavy atom. The van der Waals surface area contributed by atoms with Crippen LogP contribution in [0.1, 0.15) is 13.8 Å². The predicted octanol–water partition coefficient (Wildman–Crippen LogP) is -0.381. The SMILES string of the molecule is CC(C(=O)O)=C(C)C(=O)NCCOC(N)=O. The van der Waals surface area contributed by atoms with Gasteiger partial charge in [-0.25, -0.2) is 9.59 Å². The number of rotatable bonds is 5. The molecule has 0 bridgehead atoms. The fourth-order valence-corrected chi connectivity index (χ4v) is 0.779. The van der Waals surface area contributed by atoms with Crippen LogP contribution in [0, 0.1) is 0 Å². The molecule has 0 aliphatic carbocycles. The molecule has 0 aliphatic rings. The van der Waals surface area contributed by atoms with Gasteiger partial charge in [-0.15, -0.1) is 0 Å². The molecule has 7 nitrogen and oxygen atoms in total. The van der Waals surface area contributed by atoms with Crippen LogP contribution >= 0.6 is 0 Å². The zero-order valence-electron chi connectivity index (χ0n) is 9.07. The van der Waals surface area contributed by atoms with Gasteiger partial charge in [0.25, 0.3) is 0 Å². The third kappa shape index (κ3) is 4.99. The molecule has 7 heteroatoms. The van der Waals surface area contributed by atoms with Crippen molar-refractivity contribution in [3.05, 3.63) is 11.1 Å². The summed E-state index contributed by atoms with van der Waals surface area (Å²) in [6.07, 6.45) is -0.928. The summed E-state index contributed by atoms with van der Waals surface area (Å²) in [6.45, 7) is 2.75. The second-order valence-corrected chi connectivity index (χ2v) is 2.98. The number of hydrogen-bond acceptors (Lipinski definition) is 4. The molecule has 4 N–H and O–H groups in total. The standard InChI is InChI=1S/C9H14N2O5/c1-5(6(2)8(13)14)7(12)11-3-4-16-9(10)15/h3-4H2,1-2H3,(H2,10,15)(H,11,12)(H,13,14). The van der Waals surface area contributed by atoms with Crippen molar-refractivity contribution >= 4 is 18.0 Å². The Labute approximate surface area is 92.3 Å². The number of primary amides is 1. The first-order chi connectivity index (χ1) is 7.36. The number of carbonyl (C=O) groups is 3. The lowest BCUT2D eigenvalue weighted by molar-refractivity contribution is -0.133. The molecule has 0 saturated heterocycles. The third-order valence-electron chi connectivity index (χ3n) is 1.86. The molecule has 0 aromatic heterocycles. The van der Waals surface area contributed by atoms with Gasteiger partial charge in [0.1, 0.15) is 6.61 Å². The molecule has 0 spiro atoms. The van der Waals surface area contributed by atoms with E-state index in [1.165, 1.54) is 13.8 Å². The topological polar surface area (TPSA) is 119 Å². The average Bonchev–Trinajstić information content (AvgIpc) is 2.21. The van der Waals surface area contributed by atoms with Crippen molar-refractivity contribution in [2.45, 2.75) is 13.8 Å². The van der Waals surface area contributed by atoms with Gasteiger partial charge in [0.2, 0.25) is 5.91 Å². The molecule has 0 radical (unpaired) electrons. The maximum Gasteiger partial charge on any atom is 0.404 e. The fourth-order valence-electron chi connectivity index (χ4n) is 0.779. The Morgan fingerprint density at radius 1 is 1.25 bits per heavy atom. The van der Waals surface area contributed by atoms with E-state index in [1.807, 2.05) is 0 Å². The number of carbonyl (C=O) groups excluding carboxylic acids is 2. The van der Waals surface area contributed by atoms with Gasteiger partial charge in [0.05, 0.1) is 6.54 Å². The van der Waals surface area contributed by atoms with E-state index in [-0.39, 0.29) is 24.3 Å². The highest BCUT2D eigenvalue weighted by Crippen LogP contribution is 2.02. The van der Waals surface area contributed by atoms with E-state index in [9.17, 15) is 14.4 Å². The van der Waals surface area contributed by atoms with Crippen molar-refractivity contribution in [1.29, 1.82) is 0 Å². The van der Waals surface area contributed by atoms with Gasteiger partial charge in [-0.2, -0.15) is 0 Å². The highest BCUT2D eigenvalue weighted by Gasteiger charge is 2.11. The molecule has 0 aromatic rings. The van der Waals surface area contributed by atoms with Gasteiger partial charge in [0, 0.05) is 11.1 Å². The van der Waals surface area contributed by atoms with Crippen LogP contribution in [-0.2, 0) is 14.3 Å². The van der Waals surface area contributed by atoms with Gasteiger partial charge in [-0.1, -0.05) is 0 Å². The second kappa shape index (κ2) is 6.44. The third-order valence-corrected chi connectivity index (χ3v) is 1.86. The van der Waals surface area contributed by atoms with Crippen LogP contribution in [-0.4, -0.2) is 36.2 Å². The summed E-state index contributed by atoms with van der Waals surface area (Å²) in [5.41, 5.74) is 4.77. The highest BCUT2D eigenvalue weighted by molar-refractivity contribution is 6.01. The largest absolute Gasteiger partial charge is 0.478 e. The quantitative estimate of drug-likeness (QED) is 0.439. The summed E-state index contributed by atoms with van der Waals surface area (Å²) < 4.78 is 4.37. The van der Waals surface area contributed by atoms with Gasteiger partial charge in [0.15, 0.2) is 0 Å². The van der Waals surface area contributed by atoms with E-state index in [0.717, 1.165) is 0 Å². The number of nitrogens with one attached hydrogen (secondary N) is 1. The summed E-state index contributed by atoms with van der Waals surface area (Å²) in [4.78, 5) is 32.0. The summed E-state index contributed by atoms with van der Waals surface area (Å²) in [7, 11) is 0. The molecular formula is C9H14N2O5. The predicted molar refractivity (Wildman–Crippen MR) is 54.6 cm³/mol. The van der Waals surface area contributed by atoms with Crippen LogP contribution in [0.3, 0.4) is 0 Å². The first-order valence-corrected chi connectivity index (χ1v) is 4.47. The van der Waals surface area contributed by atoms with E-state index >= 15 is 0 Å². The van der Waals surface area contributed by atoms with E-state index in [2.05, 4.69) is 10.1 Å². The number of ether oxygens (including phenoxy) is 1. The van der Waals surface area contributed by atoms with E-state index in [1.54, 1.807) is 0 Å². The Kier molecular flexibility index (Phi) is 5.61. The van der Waals surface area contributed by atoms with Gasteiger partial charge < -0.3 is 20.9 Å². The molecule has 16 heavy (non-hydrogen) atoms. The lowest BCUT2D eigenvalue weighted by Gasteiger charge is -2.06. The lowest BCUT2D eigenvalue weighted by atomic mass is 10.1. The molecule has 0 heterocycles. The zero-order valence-corrected chi connectivity index (χ0v) is 9.07. The monoisotopic (exact) mass is 230 g/mol. The minimum absolute atomic E-state index is 0.0340. The number of hydrogen-bond donors (Lipinski definition) is 3. The molecule has 2 amide bonds. The van der Waals surface area contributed by atoms with Gasteiger partial charge in [-0.3, -0.25) is 4.79 Å². The first-order valence-electron chi connectivity index (χ1n) is 4.47. The zero-order chi connectivity index (χ0) is 12.7. The van der Waals surface area contributed by atoms with Crippen LogP contribution in [0.15, 0.2) is 11.1 Å². The highest BCUT2D eigenvalue weighted by atomic mass is 16.5. The van der Waals surface area contributed by atoms with Crippen molar-refractivity contribution in [2.24, 2.45) is 5.73 Å². The first kappa shape index (κ1) is 13.9. The van der Waals surface area contributed by atoms with Crippen molar-refractivity contribution in [2.75, 3.05) is 13.2 Å². The smallest absolute Gasteiger partial charge is 0.404 e. The van der Waals surface area contributed by atoms with E-state index in [0.29, 0.717) is 0 Å². The fraction of sp³-hybridized carbons (Fsp3) is 0.444. The van der Waals surface area contributed by atoms with Crippen LogP contribution in [0.4, 0.5) is 4.79 Å². The lowest BCUT2D eigenvalue weighted by Crippen LogP contribution is -2.30. The molecular weight excluding hydrogens is 216 g/mol. The molecule has 0 rings (SSSR count). The minimum atomic E-state index is -1.15. The summed E-state index contributed by atoms with van der Waals surface area (Å²) in [5.74, 6) is -1.67. The average molecular weight is 230 g/mol. The van der Waals surface area contributed by atoms with Crippen molar-refractivity contribution in [1.82, 2.24) is 5.32 Å². The maximum atomic E-state index is 11.3. The molecule has 0 unspecified atom stereocenters. The van der Waals surface area contributed by atoms with Crippen molar-refractivity contribution < 1.29 is 24.2 Å². The van der Waals surface area contributed by atoms with Crippen LogP contribution in [0.5, 0.6) is 0 Å². The molecule has 0 saturated carbocycles. The Bertz CT molecular complexity index is 335. The van der Waals surface area contributed by atoms with Crippen LogP contribution in [0.25, 0.3) is 0 Å². The molecule has 0 fully saturated rings. The van der Waals surface area contributed by atoms with Crippen LogP contribution in [0.2, 0.25) is 0 Å². The Balaban J connectivity index is 4.12. The number of carboxylic acid groups (broad SMARTS) is 1. The van der Waals surface area contributed by atoms with Crippen molar-refractivity contribution in [3.63, 3.8) is 0 Å². The normalized spacial score (nSPS) is 11.4. The minimum Gasteiger partial charge on any atom is -0.478 e. The molecule has 90 valence electrons. The number of nitrogens with two attached hydrogens (primary N) is 1. The summed E-state index contributed by atoms with van der Waals surface area (Å²) in [5, 5.41) is 11.0. The Morgan fingerprint density at radius 2 is 1.81 bits per heavy atom. The summed E-state index contributed by atoms with van der Waals surface area (Å²) >= 11 is 0. The molecule has 0 atom stereocenters. The second-order valence-electron chi connectivity index (χ2n) is 2.98. The van der Waals surface area contributed by atoms with Gasteiger partial charge >= 0.3 is 12.1 Å². The van der Waals surface area contributed by atoms with E-state index < -0.39 is 18.0 Å². The number of amides is 2.